The van der Waals surface area contributed by atoms with Crippen LogP contribution in [0, 0.1) is 5.92 Å². The van der Waals surface area contributed by atoms with Crippen LogP contribution in [0.3, 0.4) is 0 Å². The first-order chi connectivity index (χ1) is 8.24. The van der Waals surface area contributed by atoms with E-state index in [0.717, 1.165) is 12.8 Å². The Kier molecular flexibility index (Phi) is 4.61. The Labute approximate surface area is 106 Å². The third kappa shape index (κ3) is 2.90. The predicted molar refractivity (Wildman–Crippen MR) is 71.1 cm³/mol. The number of unbranched alkanes of at least 4 members (excludes halogenated alkanes) is 4. The SMILES string of the molecule is CCCCCCCC1C(=O)C[C@H]2CC[C@@H]1N2C. The van der Waals surface area contributed by atoms with Crippen molar-refractivity contribution in [2.45, 2.75) is 76.8 Å². The molecule has 3 atom stereocenters. The summed E-state index contributed by atoms with van der Waals surface area (Å²) in [6.07, 6.45) is 11.0. The fourth-order valence-electron chi connectivity index (χ4n) is 3.69. The normalized spacial score (nSPS) is 33.3. The molecule has 2 saturated heterocycles. The van der Waals surface area contributed by atoms with Crippen molar-refractivity contribution in [3.05, 3.63) is 0 Å². The van der Waals surface area contributed by atoms with Crippen LogP contribution in [0.2, 0.25) is 0 Å². The molecule has 0 spiro atoms. The van der Waals surface area contributed by atoms with Gasteiger partial charge in [-0.05, 0) is 26.3 Å². The molecule has 2 nitrogen and oxygen atoms in total. The first-order valence-corrected chi connectivity index (χ1v) is 7.48. The molecule has 2 bridgehead atoms. The van der Waals surface area contributed by atoms with E-state index in [-0.39, 0.29) is 0 Å². The molecular weight excluding hydrogens is 210 g/mol. The van der Waals surface area contributed by atoms with Gasteiger partial charge in [0.05, 0.1) is 0 Å². The van der Waals surface area contributed by atoms with Crippen molar-refractivity contribution in [1.82, 2.24) is 4.90 Å². The molecule has 0 aromatic rings. The fourth-order valence-corrected chi connectivity index (χ4v) is 3.69. The van der Waals surface area contributed by atoms with Crippen LogP contribution in [0.5, 0.6) is 0 Å². The summed E-state index contributed by atoms with van der Waals surface area (Å²) in [5.74, 6) is 0.923. The summed E-state index contributed by atoms with van der Waals surface area (Å²) >= 11 is 0. The molecule has 2 aliphatic heterocycles. The number of piperidine rings is 1. The lowest BCUT2D eigenvalue weighted by Crippen LogP contribution is -2.46. The molecule has 2 aliphatic rings. The second-order valence-corrected chi connectivity index (χ2v) is 5.94. The number of ketones is 1. The van der Waals surface area contributed by atoms with Gasteiger partial charge < -0.3 is 0 Å². The number of carbonyl (C=O) groups is 1. The quantitative estimate of drug-likeness (QED) is 0.660. The van der Waals surface area contributed by atoms with Gasteiger partial charge in [0, 0.05) is 24.4 Å². The standard InChI is InChI=1S/C15H27NO/c1-3-4-5-6-7-8-13-14-10-9-12(16(14)2)11-15(13)17/h12-14H,3-11H2,1-2H3/t12-,13?,14+/m1/s1. The van der Waals surface area contributed by atoms with Gasteiger partial charge in [-0.1, -0.05) is 39.0 Å². The molecule has 17 heavy (non-hydrogen) atoms. The van der Waals surface area contributed by atoms with Crippen molar-refractivity contribution >= 4 is 5.78 Å². The third-order valence-corrected chi connectivity index (χ3v) is 4.83. The first-order valence-electron chi connectivity index (χ1n) is 7.48. The summed E-state index contributed by atoms with van der Waals surface area (Å²) < 4.78 is 0. The zero-order valence-electron chi connectivity index (χ0n) is 11.5. The van der Waals surface area contributed by atoms with Crippen LogP contribution in [-0.2, 0) is 4.79 Å². The minimum atomic E-state index is 0.361. The number of hydrogen-bond donors (Lipinski definition) is 0. The zero-order chi connectivity index (χ0) is 12.3. The molecule has 0 amide bonds. The average Bonchev–Trinajstić information content (AvgIpc) is 2.57. The second kappa shape index (κ2) is 5.99. The molecule has 0 aromatic heterocycles. The van der Waals surface area contributed by atoms with Crippen molar-refractivity contribution in [2.24, 2.45) is 5.92 Å². The van der Waals surface area contributed by atoms with Gasteiger partial charge in [0.15, 0.2) is 0 Å². The van der Waals surface area contributed by atoms with Gasteiger partial charge in [0.25, 0.3) is 0 Å². The Morgan fingerprint density at radius 2 is 1.94 bits per heavy atom. The molecule has 0 aliphatic carbocycles. The summed E-state index contributed by atoms with van der Waals surface area (Å²) in [6.45, 7) is 2.25. The maximum Gasteiger partial charge on any atom is 0.139 e. The Hall–Kier alpha value is -0.370. The minimum absolute atomic E-state index is 0.361. The largest absolute Gasteiger partial charge is 0.299 e. The fraction of sp³-hybridized carbons (Fsp3) is 0.933. The number of Topliss-reactive ketones (excluding diaryl/α,β-unsaturated/α-hetero) is 1. The average molecular weight is 237 g/mol. The zero-order valence-corrected chi connectivity index (χ0v) is 11.5. The molecule has 2 fully saturated rings. The van der Waals surface area contributed by atoms with Crippen LogP contribution in [0.15, 0.2) is 0 Å². The Morgan fingerprint density at radius 1 is 1.18 bits per heavy atom. The van der Waals surface area contributed by atoms with E-state index in [4.69, 9.17) is 0 Å². The van der Waals surface area contributed by atoms with Gasteiger partial charge in [-0.15, -0.1) is 0 Å². The number of rotatable bonds is 6. The number of fused-ring (bicyclic) bond motifs is 2. The molecule has 0 N–H and O–H groups in total. The minimum Gasteiger partial charge on any atom is -0.299 e. The maximum atomic E-state index is 12.1. The van der Waals surface area contributed by atoms with E-state index in [1.807, 2.05) is 0 Å². The van der Waals surface area contributed by atoms with Gasteiger partial charge in [-0.3, -0.25) is 9.69 Å². The van der Waals surface area contributed by atoms with Crippen molar-refractivity contribution in [2.75, 3.05) is 7.05 Å². The monoisotopic (exact) mass is 237 g/mol. The van der Waals surface area contributed by atoms with Crippen LogP contribution < -0.4 is 0 Å². The molecule has 0 saturated carbocycles. The molecule has 0 radical (unpaired) electrons. The van der Waals surface area contributed by atoms with E-state index in [0.29, 0.717) is 23.8 Å². The second-order valence-electron chi connectivity index (χ2n) is 5.94. The lowest BCUT2D eigenvalue weighted by molar-refractivity contribution is -0.129. The Balaban J connectivity index is 1.77. The number of hydrogen-bond acceptors (Lipinski definition) is 2. The van der Waals surface area contributed by atoms with E-state index in [1.165, 1.54) is 44.9 Å². The first kappa shape index (κ1) is 13.1. The maximum absolute atomic E-state index is 12.1. The van der Waals surface area contributed by atoms with Gasteiger partial charge >= 0.3 is 0 Å². The van der Waals surface area contributed by atoms with Gasteiger partial charge in [0.1, 0.15) is 5.78 Å². The van der Waals surface area contributed by atoms with Crippen molar-refractivity contribution in [1.29, 1.82) is 0 Å². The third-order valence-electron chi connectivity index (χ3n) is 4.83. The Morgan fingerprint density at radius 3 is 2.71 bits per heavy atom. The van der Waals surface area contributed by atoms with E-state index in [1.54, 1.807) is 0 Å². The molecule has 2 heteroatoms. The Bertz CT molecular complexity index is 264. The van der Waals surface area contributed by atoms with Crippen molar-refractivity contribution in [3.63, 3.8) is 0 Å². The summed E-state index contributed by atoms with van der Waals surface area (Å²) in [5.41, 5.74) is 0. The van der Waals surface area contributed by atoms with Gasteiger partial charge in [-0.2, -0.15) is 0 Å². The highest BCUT2D eigenvalue weighted by molar-refractivity contribution is 5.83. The summed E-state index contributed by atoms with van der Waals surface area (Å²) in [5, 5.41) is 0. The highest BCUT2D eigenvalue weighted by Gasteiger charge is 2.44. The summed E-state index contributed by atoms with van der Waals surface area (Å²) in [6, 6.07) is 1.15. The molecule has 1 unspecified atom stereocenters. The van der Waals surface area contributed by atoms with Gasteiger partial charge in [-0.25, -0.2) is 0 Å². The lowest BCUT2D eigenvalue weighted by atomic mass is 9.85. The molecule has 0 aromatic carbocycles. The van der Waals surface area contributed by atoms with Gasteiger partial charge in [0.2, 0.25) is 0 Å². The molecule has 2 heterocycles. The van der Waals surface area contributed by atoms with Crippen LogP contribution >= 0.6 is 0 Å². The number of carbonyl (C=O) groups excluding carboxylic acids is 1. The molecular formula is C15H27NO. The van der Waals surface area contributed by atoms with E-state index < -0.39 is 0 Å². The molecule has 2 rings (SSSR count). The summed E-state index contributed by atoms with van der Waals surface area (Å²) in [4.78, 5) is 14.6. The topological polar surface area (TPSA) is 20.3 Å². The van der Waals surface area contributed by atoms with E-state index in [2.05, 4.69) is 18.9 Å². The highest BCUT2D eigenvalue weighted by atomic mass is 16.1. The smallest absolute Gasteiger partial charge is 0.139 e. The highest BCUT2D eigenvalue weighted by Crippen LogP contribution is 2.38. The number of nitrogens with zero attached hydrogens (tertiary/aromatic N) is 1. The van der Waals surface area contributed by atoms with Crippen molar-refractivity contribution < 1.29 is 4.79 Å². The van der Waals surface area contributed by atoms with Crippen molar-refractivity contribution in [3.8, 4) is 0 Å². The predicted octanol–water partition coefficient (Wildman–Crippen LogP) is 3.40. The lowest BCUT2D eigenvalue weighted by Gasteiger charge is -2.36. The van der Waals surface area contributed by atoms with Crippen LogP contribution in [0.25, 0.3) is 0 Å². The van der Waals surface area contributed by atoms with Crippen LogP contribution in [0.1, 0.15) is 64.7 Å². The van der Waals surface area contributed by atoms with Crippen LogP contribution in [-0.4, -0.2) is 29.8 Å². The van der Waals surface area contributed by atoms with E-state index in [9.17, 15) is 4.79 Å². The van der Waals surface area contributed by atoms with Crippen LogP contribution in [0.4, 0.5) is 0 Å². The van der Waals surface area contributed by atoms with E-state index >= 15 is 0 Å². The summed E-state index contributed by atoms with van der Waals surface area (Å²) in [7, 11) is 2.22. The molecule has 98 valence electrons.